The van der Waals surface area contributed by atoms with Crippen molar-refractivity contribution in [3.05, 3.63) is 0 Å². The van der Waals surface area contributed by atoms with E-state index in [0.29, 0.717) is 11.8 Å². The van der Waals surface area contributed by atoms with Gasteiger partial charge in [-0.3, -0.25) is 9.59 Å². The first-order valence-electron chi connectivity index (χ1n) is 8.23. The molecule has 1 atom stereocenters. The number of nitrogens with one attached hydrogen (secondary N) is 2. The predicted molar refractivity (Wildman–Crippen MR) is 88.0 cm³/mol. The van der Waals surface area contributed by atoms with Crippen molar-refractivity contribution >= 4 is 24.3 Å². The maximum atomic E-state index is 12.1. The molecule has 0 radical (unpaired) electrons. The number of esters is 1. The van der Waals surface area contributed by atoms with Crippen molar-refractivity contribution in [2.75, 3.05) is 26.7 Å². The molecule has 0 bridgehead atoms. The fraction of sp³-hybridized carbons (Fsp3) is 0.875. The van der Waals surface area contributed by atoms with Gasteiger partial charge in [0, 0.05) is 18.9 Å². The molecule has 22 heavy (non-hydrogen) atoms. The standard InChI is InChI=1S/C16H28N2O3.ClH/c1-21-14(19)6-4-2-3-5-9-18-15(20)13-12-16(13)7-10-17-11-8-16;/h13,17H,2-12H2,1H3,(H,18,20);1H. The molecule has 1 spiro atoms. The molecule has 0 aromatic rings. The molecule has 1 saturated heterocycles. The predicted octanol–water partition coefficient (Wildman–Crippen LogP) is 2.04. The van der Waals surface area contributed by atoms with E-state index in [2.05, 4.69) is 15.4 Å². The Balaban J connectivity index is 0.00000242. The lowest BCUT2D eigenvalue weighted by Gasteiger charge is -2.23. The maximum Gasteiger partial charge on any atom is 0.305 e. The Bertz CT molecular complexity index is 370. The number of hydrogen-bond acceptors (Lipinski definition) is 4. The normalized spacial score (nSPS) is 21.8. The van der Waals surface area contributed by atoms with E-state index in [1.165, 1.54) is 7.11 Å². The van der Waals surface area contributed by atoms with E-state index in [0.717, 1.165) is 64.6 Å². The molecule has 1 heterocycles. The summed E-state index contributed by atoms with van der Waals surface area (Å²) in [4.78, 5) is 23.0. The van der Waals surface area contributed by atoms with Gasteiger partial charge in [-0.1, -0.05) is 12.8 Å². The van der Waals surface area contributed by atoms with Gasteiger partial charge in [0.05, 0.1) is 7.11 Å². The molecule has 1 saturated carbocycles. The summed E-state index contributed by atoms with van der Waals surface area (Å²) in [5.74, 6) is 0.384. The smallest absolute Gasteiger partial charge is 0.305 e. The van der Waals surface area contributed by atoms with E-state index in [4.69, 9.17) is 0 Å². The van der Waals surface area contributed by atoms with Crippen LogP contribution in [0.15, 0.2) is 0 Å². The number of methoxy groups -OCH3 is 1. The first-order valence-corrected chi connectivity index (χ1v) is 8.23. The molecule has 1 amide bonds. The van der Waals surface area contributed by atoms with Crippen LogP contribution in [-0.2, 0) is 14.3 Å². The summed E-state index contributed by atoms with van der Waals surface area (Å²) in [6, 6.07) is 0. The zero-order valence-electron chi connectivity index (χ0n) is 13.5. The highest BCUT2D eigenvalue weighted by Gasteiger charge is 2.57. The zero-order chi connectivity index (χ0) is 15.1. The number of hydrogen-bond donors (Lipinski definition) is 2. The molecular formula is C16H29ClN2O3. The van der Waals surface area contributed by atoms with Crippen molar-refractivity contribution in [1.82, 2.24) is 10.6 Å². The van der Waals surface area contributed by atoms with Crippen LogP contribution in [0.5, 0.6) is 0 Å². The van der Waals surface area contributed by atoms with Crippen molar-refractivity contribution in [3.8, 4) is 0 Å². The van der Waals surface area contributed by atoms with E-state index >= 15 is 0 Å². The van der Waals surface area contributed by atoms with E-state index < -0.39 is 0 Å². The SMILES string of the molecule is COC(=O)CCCCCCNC(=O)C1CC12CCNCC2.Cl. The van der Waals surface area contributed by atoms with Gasteiger partial charge in [-0.05, 0) is 50.6 Å². The second-order valence-electron chi connectivity index (χ2n) is 6.40. The molecule has 2 N–H and O–H groups in total. The fourth-order valence-corrected chi connectivity index (χ4v) is 3.38. The number of amides is 1. The minimum absolute atomic E-state index is 0. The number of carbonyl (C=O) groups is 2. The molecule has 2 aliphatic rings. The van der Waals surface area contributed by atoms with Crippen LogP contribution in [0.3, 0.4) is 0 Å². The molecule has 1 aliphatic carbocycles. The average molecular weight is 333 g/mol. The number of unbranched alkanes of at least 4 members (excludes halogenated alkanes) is 3. The van der Waals surface area contributed by atoms with Crippen LogP contribution in [-0.4, -0.2) is 38.6 Å². The monoisotopic (exact) mass is 332 g/mol. The minimum Gasteiger partial charge on any atom is -0.469 e. The Labute approximate surface area is 139 Å². The number of piperidine rings is 1. The van der Waals surface area contributed by atoms with Gasteiger partial charge in [0.15, 0.2) is 0 Å². The summed E-state index contributed by atoms with van der Waals surface area (Å²) < 4.78 is 4.60. The second kappa shape index (κ2) is 9.36. The van der Waals surface area contributed by atoms with Crippen LogP contribution < -0.4 is 10.6 Å². The summed E-state index contributed by atoms with van der Waals surface area (Å²) in [7, 11) is 1.42. The van der Waals surface area contributed by atoms with Crippen molar-refractivity contribution in [2.45, 2.75) is 51.4 Å². The molecule has 2 fully saturated rings. The molecule has 0 aromatic carbocycles. The van der Waals surface area contributed by atoms with Crippen molar-refractivity contribution < 1.29 is 14.3 Å². The number of ether oxygens (including phenoxy) is 1. The lowest BCUT2D eigenvalue weighted by molar-refractivity contribution is -0.140. The van der Waals surface area contributed by atoms with Crippen molar-refractivity contribution in [2.24, 2.45) is 11.3 Å². The second-order valence-corrected chi connectivity index (χ2v) is 6.40. The van der Waals surface area contributed by atoms with Crippen molar-refractivity contribution in [1.29, 1.82) is 0 Å². The van der Waals surface area contributed by atoms with Crippen LogP contribution in [0, 0.1) is 11.3 Å². The molecular weight excluding hydrogens is 304 g/mol. The van der Waals surface area contributed by atoms with Crippen LogP contribution in [0.25, 0.3) is 0 Å². The number of rotatable bonds is 8. The van der Waals surface area contributed by atoms with Gasteiger partial charge < -0.3 is 15.4 Å². The fourth-order valence-electron chi connectivity index (χ4n) is 3.38. The van der Waals surface area contributed by atoms with E-state index in [-0.39, 0.29) is 30.2 Å². The van der Waals surface area contributed by atoms with E-state index in [1.807, 2.05) is 0 Å². The van der Waals surface area contributed by atoms with Crippen LogP contribution in [0.2, 0.25) is 0 Å². The Hall–Kier alpha value is -0.810. The van der Waals surface area contributed by atoms with Gasteiger partial charge in [-0.25, -0.2) is 0 Å². The zero-order valence-corrected chi connectivity index (χ0v) is 14.3. The highest BCUT2D eigenvalue weighted by Crippen LogP contribution is 2.58. The third-order valence-electron chi connectivity index (χ3n) is 4.94. The number of halogens is 1. The van der Waals surface area contributed by atoms with Gasteiger partial charge in [-0.15, -0.1) is 12.4 Å². The van der Waals surface area contributed by atoms with Crippen LogP contribution in [0.1, 0.15) is 51.4 Å². The summed E-state index contributed by atoms with van der Waals surface area (Å²) in [6.07, 6.45) is 7.83. The largest absolute Gasteiger partial charge is 0.469 e. The Morgan fingerprint density at radius 1 is 1.18 bits per heavy atom. The van der Waals surface area contributed by atoms with Crippen LogP contribution in [0.4, 0.5) is 0 Å². The van der Waals surface area contributed by atoms with Gasteiger partial charge >= 0.3 is 5.97 Å². The Morgan fingerprint density at radius 2 is 1.86 bits per heavy atom. The Morgan fingerprint density at radius 3 is 2.55 bits per heavy atom. The third kappa shape index (κ3) is 5.43. The highest BCUT2D eigenvalue weighted by molar-refractivity contribution is 5.85. The van der Waals surface area contributed by atoms with Crippen molar-refractivity contribution in [3.63, 3.8) is 0 Å². The van der Waals surface area contributed by atoms with E-state index in [1.54, 1.807) is 0 Å². The first kappa shape index (κ1) is 19.2. The van der Waals surface area contributed by atoms with Gasteiger partial charge in [0.1, 0.15) is 0 Å². The highest BCUT2D eigenvalue weighted by atomic mass is 35.5. The molecule has 1 unspecified atom stereocenters. The van der Waals surface area contributed by atoms with E-state index in [9.17, 15) is 9.59 Å². The van der Waals surface area contributed by atoms with Gasteiger partial charge in [0.2, 0.25) is 5.91 Å². The van der Waals surface area contributed by atoms with Crippen LogP contribution >= 0.6 is 12.4 Å². The molecule has 5 nitrogen and oxygen atoms in total. The lowest BCUT2D eigenvalue weighted by Crippen LogP contribution is -2.34. The molecule has 2 rings (SSSR count). The quantitative estimate of drug-likeness (QED) is 0.527. The average Bonchev–Trinajstić information content (AvgIpc) is 3.19. The molecule has 6 heteroatoms. The first-order chi connectivity index (χ1) is 10.2. The Kier molecular flexibility index (Phi) is 8.18. The number of carbonyl (C=O) groups excluding carboxylic acids is 2. The van der Waals surface area contributed by atoms with Gasteiger partial charge in [-0.2, -0.15) is 0 Å². The van der Waals surface area contributed by atoms with Gasteiger partial charge in [0.25, 0.3) is 0 Å². The molecule has 128 valence electrons. The lowest BCUT2D eigenvalue weighted by atomic mass is 9.92. The molecule has 0 aromatic heterocycles. The summed E-state index contributed by atoms with van der Waals surface area (Å²) in [5, 5.41) is 6.44. The molecule has 1 aliphatic heterocycles. The third-order valence-corrected chi connectivity index (χ3v) is 4.94. The minimum atomic E-state index is -0.135. The topological polar surface area (TPSA) is 67.4 Å². The maximum absolute atomic E-state index is 12.1. The summed E-state index contributed by atoms with van der Waals surface area (Å²) >= 11 is 0. The summed E-state index contributed by atoms with van der Waals surface area (Å²) in [6.45, 7) is 2.88. The summed E-state index contributed by atoms with van der Waals surface area (Å²) in [5.41, 5.74) is 0.329.